The van der Waals surface area contributed by atoms with Crippen molar-refractivity contribution in [3.05, 3.63) is 59.0 Å². The lowest BCUT2D eigenvalue weighted by atomic mass is 10.2. The van der Waals surface area contributed by atoms with Gasteiger partial charge in [-0.1, -0.05) is 23.7 Å². The molecular weight excluding hydrogens is 240 g/mol. The van der Waals surface area contributed by atoms with Crippen molar-refractivity contribution in [2.24, 2.45) is 5.10 Å². The van der Waals surface area contributed by atoms with Crippen molar-refractivity contribution in [3.63, 3.8) is 0 Å². The average molecular weight is 249 g/mol. The molecule has 0 atom stereocenters. The van der Waals surface area contributed by atoms with Crippen LogP contribution in [-0.2, 0) is 0 Å². The van der Waals surface area contributed by atoms with Crippen LogP contribution in [0.5, 0.6) is 0 Å². The maximum Gasteiger partial charge on any atom is 0.272 e. The summed E-state index contributed by atoms with van der Waals surface area (Å²) < 4.78 is 5.02. The van der Waals surface area contributed by atoms with E-state index in [-0.39, 0.29) is 5.91 Å². The lowest BCUT2D eigenvalue weighted by Gasteiger charge is -2.00. The number of hydrogen-bond donors (Lipinski definition) is 1. The summed E-state index contributed by atoms with van der Waals surface area (Å²) in [6.45, 7) is 0. The Labute approximate surface area is 103 Å². The van der Waals surface area contributed by atoms with Gasteiger partial charge in [0.2, 0.25) is 0 Å². The third-order valence-electron chi connectivity index (χ3n) is 2.02. The van der Waals surface area contributed by atoms with Crippen LogP contribution in [0.15, 0.2) is 52.2 Å². The van der Waals surface area contributed by atoms with Gasteiger partial charge in [-0.3, -0.25) is 4.79 Å². The van der Waals surface area contributed by atoms with E-state index in [1.165, 1.54) is 12.5 Å². The maximum absolute atomic E-state index is 11.7. The minimum atomic E-state index is -0.363. The lowest BCUT2D eigenvalue weighted by Crippen LogP contribution is -2.17. The Kier molecular flexibility index (Phi) is 3.57. The summed E-state index contributed by atoms with van der Waals surface area (Å²) in [5.41, 5.74) is 2.74. The molecule has 0 aliphatic heterocycles. The molecule has 1 aromatic heterocycles. The summed E-state index contributed by atoms with van der Waals surface area (Å²) >= 11 is 5.87. The highest BCUT2D eigenvalue weighted by Crippen LogP contribution is 2.14. The number of hydrazone groups is 1. The highest BCUT2D eigenvalue weighted by Gasteiger charge is 2.07. The van der Waals surface area contributed by atoms with E-state index in [1.807, 2.05) is 0 Å². The fraction of sp³-hybridized carbons (Fsp3) is 0. The molecule has 0 unspecified atom stereocenters. The standard InChI is InChI=1S/C12H9ClN2O2/c13-11-6-2-1-5-10(11)12(16)15-14-8-9-4-3-7-17-9/h1-8H,(H,15,16)/b14-8+. The molecule has 5 heteroatoms. The van der Waals surface area contributed by atoms with Crippen LogP contribution in [0.2, 0.25) is 5.02 Å². The Morgan fingerprint density at radius 3 is 2.82 bits per heavy atom. The number of halogens is 1. The van der Waals surface area contributed by atoms with E-state index >= 15 is 0 Å². The Bertz CT molecular complexity index is 535. The molecule has 1 N–H and O–H groups in total. The van der Waals surface area contributed by atoms with Gasteiger partial charge in [0.25, 0.3) is 5.91 Å². The second kappa shape index (κ2) is 5.32. The molecule has 0 saturated heterocycles. The van der Waals surface area contributed by atoms with Crippen LogP contribution in [0.25, 0.3) is 0 Å². The Morgan fingerprint density at radius 2 is 2.12 bits per heavy atom. The SMILES string of the molecule is O=C(N/N=C/c1ccco1)c1ccccc1Cl. The number of benzene rings is 1. The predicted octanol–water partition coefficient (Wildman–Crippen LogP) is 2.70. The summed E-state index contributed by atoms with van der Waals surface area (Å²) in [5.74, 6) is 0.197. The number of carbonyl (C=O) groups is 1. The minimum absolute atomic E-state index is 0.363. The van der Waals surface area contributed by atoms with Gasteiger partial charge in [0.15, 0.2) is 0 Å². The number of hydrogen-bond acceptors (Lipinski definition) is 3. The van der Waals surface area contributed by atoms with Crippen LogP contribution in [0, 0.1) is 0 Å². The van der Waals surface area contributed by atoms with Crippen LogP contribution in [0.4, 0.5) is 0 Å². The highest BCUT2D eigenvalue weighted by molar-refractivity contribution is 6.33. The van der Waals surface area contributed by atoms with Crippen molar-refractivity contribution in [1.82, 2.24) is 5.43 Å². The molecule has 0 bridgehead atoms. The minimum Gasteiger partial charge on any atom is -0.463 e. The largest absolute Gasteiger partial charge is 0.463 e. The van der Waals surface area contributed by atoms with Crippen molar-refractivity contribution in [2.45, 2.75) is 0 Å². The quantitative estimate of drug-likeness (QED) is 0.671. The Hall–Kier alpha value is -2.07. The van der Waals surface area contributed by atoms with Crippen molar-refractivity contribution in [1.29, 1.82) is 0 Å². The van der Waals surface area contributed by atoms with Gasteiger partial charge in [0, 0.05) is 0 Å². The molecular formula is C12H9ClN2O2. The van der Waals surface area contributed by atoms with Crippen molar-refractivity contribution >= 4 is 23.7 Å². The summed E-state index contributed by atoms with van der Waals surface area (Å²) in [5, 5.41) is 4.14. The number of furan rings is 1. The van der Waals surface area contributed by atoms with E-state index in [0.29, 0.717) is 16.3 Å². The van der Waals surface area contributed by atoms with Crippen molar-refractivity contribution in [3.8, 4) is 0 Å². The number of rotatable bonds is 3. The first kappa shape index (κ1) is 11.4. The molecule has 2 rings (SSSR count). The molecule has 0 fully saturated rings. The molecule has 0 spiro atoms. The van der Waals surface area contributed by atoms with Crippen LogP contribution in [-0.4, -0.2) is 12.1 Å². The van der Waals surface area contributed by atoms with Crippen molar-refractivity contribution in [2.75, 3.05) is 0 Å². The Balaban J connectivity index is 2.01. The van der Waals surface area contributed by atoms with Gasteiger partial charge in [-0.2, -0.15) is 5.10 Å². The smallest absolute Gasteiger partial charge is 0.272 e. The molecule has 17 heavy (non-hydrogen) atoms. The van der Waals surface area contributed by atoms with Crippen LogP contribution < -0.4 is 5.43 Å². The fourth-order valence-electron chi connectivity index (χ4n) is 1.22. The monoisotopic (exact) mass is 248 g/mol. The molecule has 0 radical (unpaired) electrons. The van der Waals surface area contributed by atoms with Crippen LogP contribution >= 0.6 is 11.6 Å². The summed E-state index contributed by atoms with van der Waals surface area (Å²) in [6, 6.07) is 10.2. The van der Waals surface area contributed by atoms with Crippen LogP contribution in [0.1, 0.15) is 16.1 Å². The topological polar surface area (TPSA) is 54.6 Å². The second-order valence-corrected chi connectivity index (χ2v) is 3.60. The Morgan fingerprint density at radius 1 is 1.29 bits per heavy atom. The summed E-state index contributed by atoms with van der Waals surface area (Å²) in [7, 11) is 0. The van der Waals surface area contributed by atoms with Crippen LogP contribution in [0.3, 0.4) is 0 Å². The molecule has 1 heterocycles. The first-order valence-corrected chi connectivity index (χ1v) is 5.26. The van der Waals surface area contributed by atoms with Gasteiger partial charge in [-0.25, -0.2) is 5.43 Å². The lowest BCUT2D eigenvalue weighted by molar-refractivity contribution is 0.0955. The van der Waals surface area contributed by atoms with E-state index in [1.54, 1.807) is 36.4 Å². The molecule has 1 aromatic carbocycles. The molecule has 0 aliphatic rings. The fourth-order valence-corrected chi connectivity index (χ4v) is 1.45. The van der Waals surface area contributed by atoms with E-state index in [2.05, 4.69) is 10.5 Å². The number of carbonyl (C=O) groups excluding carboxylic acids is 1. The number of nitrogens with one attached hydrogen (secondary N) is 1. The third kappa shape index (κ3) is 2.95. The van der Waals surface area contributed by atoms with Gasteiger partial charge in [0.05, 0.1) is 23.1 Å². The van der Waals surface area contributed by atoms with Gasteiger partial charge in [-0.05, 0) is 24.3 Å². The average Bonchev–Trinajstić information content (AvgIpc) is 2.82. The number of amides is 1. The molecule has 0 aliphatic carbocycles. The van der Waals surface area contributed by atoms with E-state index in [0.717, 1.165) is 0 Å². The van der Waals surface area contributed by atoms with E-state index in [4.69, 9.17) is 16.0 Å². The third-order valence-corrected chi connectivity index (χ3v) is 2.35. The van der Waals surface area contributed by atoms with E-state index < -0.39 is 0 Å². The highest BCUT2D eigenvalue weighted by atomic mass is 35.5. The van der Waals surface area contributed by atoms with Crippen molar-refractivity contribution < 1.29 is 9.21 Å². The molecule has 2 aromatic rings. The van der Waals surface area contributed by atoms with Gasteiger partial charge >= 0.3 is 0 Å². The maximum atomic E-state index is 11.7. The molecule has 1 amide bonds. The van der Waals surface area contributed by atoms with Gasteiger partial charge in [-0.15, -0.1) is 0 Å². The zero-order valence-electron chi connectivity index (χ0n) is 8.76. The molecule has 86 valence electrons. The summed E-state index contributed by atoms with van der Waals surface area (Å²) in [6.07, 6.45) is 2.94. The number of nitrogens with zero attached hydrogens (tertiary/aromatic N) is 1. The first-order valence-electron chi connectivity index (χ1n) is 4.89. The molecule has 0 saturated carbocycles. The molecule has 4 nitrogen and oxygen atoms in total. The zero-order valence-corrected chi connectivity index (χ0v) is 9.52. The second-order valence-electron chi connectivity index (χ2n) is 3.19. The zero-order chi connectivity index (χ0) is 12.1. The normalized spacial score (nSPS) is 10.6. The van der Waals surface area contributed by atoms with Gasteiger partial charge in [0.1, 0.15) is 5.76 Å². The first-order chi connectivity index (χ1) is 8.27. The predicted molar refractivity (Wildman–Crippen MR) is 65.2 cm³/mol. The van der Waals surface area contributed by atoms with Gasteiger partial charge < -0.3 is 4.42 Å². The van der Waals surface area contributed by atoms with E-state index in [9.17, 15) is 4.79 Å². The summed E-state index contributed by atoms with van der Waals surface area (Å²) in [4.78, 5) is 11.7.